The van der Waals surface area contributed by atoms with E-state index in [0.717, 1.165) is 39.2 Å². The molecule has 3 nitrogen and oxygen atoms in total. The molecule has 0 unspecified atom stereocenters. The molecular weight excluding hydrogens is 452 g/mol. The van der Waals surface area contributed by atoms with Crippen LogP contribution in [0.1, 0.15) is 112 Å². The Morgan fingerprint density at radius 1 is 0.806 bits per heavy atom. The van der Waals surface area contributed by atoms with Crippen LogP contribution in [0.3, 0.4) is 0 Å². The lowest BCUT2D eigenvalue weighted by Crippen LogP contribution is -2.09. The maximum Gasteiger partial charge on any atom is 0.234 e. The quantitative estimate of drug-likeness (QED) is 0.390. The van der Waals surface area contributed by atoms with Crippen molar-refractivity contribution < 1.29 is 14.4 Å². The lowest BCUT2D eigenvalue weighted by molar-refractivity contribution is -0.120. The molecule has 4 heteroatoms. The van der Waals surface area contributed by atoms with Gasteiger partial charge in [0.05, 0.1) is 0 Å². The number of hydrogen-bond donors (Lipinski definition) is 0. The summed E-state index contributed by atoms with van der Waals surface area (Å²) in [7, 11) is 0. The van der Waals surface area contributed by atoms with Crippen molar-refractivity contribution in [2.45, 2.75) is 80.1 Å². The van der Waals surface area contributed by atoms with Crippen molar-refractivity contribution in [3.63, 3.8) is 0 Å². The first-order valence-electron chi connectivity index (χ1n) is 11.3. The second-order valence-electron chi connectivity index (χ2n) is 9.98. The summed E-state index contributed by atoms with van der Waals surface area (Å²) >= 11 is 3.66. The molecule has 0 bridgehead atoms. The largest absolute Gasteiger partial charge is 0.300 e. The van der Waals surface area contributed by atoms with E-state index in [2.05, 4.69) is 57.5 Å². The Balaban J connectivity index is 0.000000291. The van der Waals surface area contributed by atoms with E-state index in [1.54, 1.807) is 0 Å². The fourth-order valence-electron chi connectivity index (χ4n) is 4.08. The molecular formula is C27H35BrO3. The van der Waals surface area contributed by atoms with Crippen LogP contribution < -0.4 is 0 Å². The van der Waals surface area contributed by atoms with Gasteiger partial charge < -0.3 is 0 Å². The molecule has 1 aliphatic rings. The van der Waals surface area contributed by atoms with Gasteiger partial charge in [-0.05, 0) is 62.2 Å². The minimum absolute atomic E-state index is 0.218. The molecule has 2 aromatic carbocycles. The van der Waals surface area contributed by atoms with Gasteiger partial charge in [-0.15, -0.1) is 0 Å². The zero-order valence-electron chi connectivity index (χ0n) is 20.1. The third-order valence-electron chi connectivity index (χ3n) is 5.49. The van der Waals surface area contributed by atoms with E-state index in [1.165, 1.54) is 0 Å². The highest BCUT2D eigenvalue weighted by molar-refractivity contribution is 9.10. The van der Waals surface area contributed by atoms with E-state index in [1.807, 2.05) is 32.0 Å². The highest BCUT2D eigenvalue weighted by Gasteiger charge is 2.35. The fourth-order valence-corrected chi connectivity index (χ4v) is 4.99. The molecule has 0 aliphatic heterocycles. The van der Waals surface area contributed by atoms with Gasteiger partial charge in [0.15, 0.2) is 0 Å². The van der Waals surface area contributed by atoms with Gasteiger partial charge in [-0.2, -0.15) is 0 Å². The number of carbonyl (C=O) groups is 3. The Labute approximate surface area is 195 Å². The molecule has 0 saturated heterocycles. The molecule has 0 aromatic heterocycles. The van der Waals surface area contributed by atoms with Gasteiger partial charge in [0.2, 0.25) is 11.6 Å². The minimum Gasteiger partial charge on any atom is -0.300 e. The van der Waals surface area contributed by atoms with Crippen LogP contribution in [0.5, 0.6) is 0 Å². The molecule has 0 radical (unpaired) electrons. The molecule has 0 spiro atoms. The molecule has 0 amide bonds. The van der Waals surface area contributed by atoms with E-state index in [-0.39, 0.29) is 23.4 Å². The van der Waals surface area contributed by atoms with Crippen molar-refractivity contribution in [1.29, 1.82) is 0 Å². The third kappa shape index (κ3) is 5.52. The van der Waals surface area contributed by atoms with E-state index in [4.69, 9.17) is 0 Å². The Bertz CT molecular complexity index is 1000. The first kappa shape index (κ1) is 25.5. The number of hydrogen-bond acceptors (Lipinski definition) is 3. The number of rotatable bonds is 6. The highest BCUT2D eigenvalue weighted by atomic mass is 79.9. The normalized spacial score (nSPS) is 13.1. The van der Waals surface area contributed by atoms with Gasteiger partial charge in [-0.1, -0.05) is 67.5 Å². The molecule has 3 rings (SSSR count). The van der Waals surface area contributed by atoms with Crippen molar-refractivity contribution in [1.82, 2.24) is 0 Å². The summed E-state index contributed by atoms with van der Waals surface area (Å²) < 4.78 is 0.996. The summed E-state index contributed by atoms with van der Waals surface area (Å²) in [5.41, 5.74) is 3.21. The molecule has 1 aliphatic carbocycles. The summed E-state index contributed by atoms with van der Waals surface area (Å²) in [5, 5.41) is 1.79. The van der Waals surface area contributed by atoms with Crippen molar-refractivity contribution in [2.75, 3.05) is 0 Å². The number of Topliss-reactive ketones (excluding diaryl/α,β-unsaturated/α-hetero) is 3. The zero-order valence-corrected chi connectivity index (χ0v) is 21.6. The number of benzene rings is 2. The zero-order chi connectivity index (χ0) is 23.6. The van der Waals surface area contributed by atoms with Crippen molar-refractivity contribution in [2.24, 2.45) is 11.8 Å². The smallest absolute Gasteiger partial charge is 0.234 e. The molecule has 0 N–H and O–H groups in total. The van der Waals surface area contributed by atoms with E-state index < -0.39 is 0 Å². The van der Waals surface area contributed by atoms with Crippen LogP contribution in [0.4, 0.5) is 0 Å². The summed E-state index contributed by atoms with van der Waals surface area (Å²) in [4.78, 5) is 35.9. The van der Waals surface area contributed by atoms with Crippen LogP contribution >= 0.6 is 15.9 Å². The van der Waals surface area contributed by atoms with Crippen LogP contribution in [0.25, 0.3) is 10.8 Å². The number of halogens is 1. The van der Waals surface area contributed by atoms with Gasteiger partial charge >= 0.3 is 0 Å². The van der Waals surface area contributed by atoms with Crippen LogP contribution in [0, 0.1) is 11.8 Å². The predicted molar refractivity (Wildman–Crippen MR) is 132 cm³/mol. The summed E-state index contributed by atoms with van der Waals surface area (Å²) in [5.74, 6) is 1.24. The monoisotopic (exact) mass is 486 g/mol. The molecule has 0 heterocycles. The predicted octanol–water partition coefficient (Wildman–Crippen LogP) is 7.88. The maximum atomic E-state index is 12.4. The van der Waals surface area contributed by atoms with Crippen molar-refractivity contribution >= 4 is 44.1 Å². The Hall–Kier alpha value is -1.81. The molecule has 0 fully saturated rings. The highest BCUT2D eigenvalue weighted by Crippen LogP contribution is 2.42. The SMILES string of the molecule is CC(C)CC(=O)CC(C)C.CC(C)c1cc2c3c(c(C(C)C)ccc3c1Br)C(=O)C2=O. The summed E-state index contributed by atoms with van der Waals surface area (Å²) in [6, 6.07) is 5.90. The Kier molecular flexibility index (Phi) is 8.38. The Morgan fingerprint density at radius 3 is 1.77 bits per heavy atom. The molecule has 168 valence electrons. The maximum absolute atomic E-state index is 12.4. The average Bonchev–Trinajstić information content (AvgIpc) is 2.89. The third-order valence-corrected chi connectivity index (χ3v) is 6.38. The van der Waals surface area contributed by atoms with E-state index in [0.29, 0.717) is 28.7 Å². The average molecular weight is 487 g/mol. The molecule has 31 heavy (non-hydrogen) atoms. The lowest BCUT2D eigenvalue weighted by Gasteiger charge is -2.15. The van der Waals surface area contributed by atoms with Gasteiger partial charge in [0, 0.05) is 33.8 Å². The van der Waals surface area contributed by atoms with Crippen LogP contribution in [-0.2, 0) is 4.79 Å². The van der Waals surface area contributed by atoms with E-state index >= 15 is 0 Å². The van der Waals surface area contributed by atoms with Crippen LogP contribution in [0.2, 0.25) is 0 Å². The van der Waals surface area contributed by atoms with Crippen LogP contribution in [-0.4, -0.2) is 17.3 Å². The second kappa shape index (κ2) is 10.2. The molecule has 0 atom stereocenters. The minimum atomic E-state index is -0.363. The lowest BCUT2D eigenvalue weighted by atomic mass is 9.91. The van der Waals surface area contributed by atoms with Crippen molar-refractivity contribution in [3.05, 3.63) is 44.9 Å². The van der Waals surface area contributed by atoms with Gasteiger partial charge in [0.25, 0.3) is 0 Å². The fraction of sp³-hybridized carbons (Fsp3) is 0.519. The van der Waals surface area contributed by atoms with Crippen molar-refractivity contribution in [3.8, 4) is 0 Å². The van der Waals surface area contributed by atoms with E-state index in [9.17, 15) is 14.4 Å². The van der Waals surface area contributed by atoms with Gasteiger partial charge in [0.1, 0.15) is 5.78 Å². The standard InChI is InChI=1S/C18H17BrO2.C9H18O/c1-8(2)10-5-6-11-14-13(17(20)18(21)15(10)14)7-12(9(3)4)16(11)19;1-7(2)5-9(10)6-8(3)4/h5-9H,1-4H3;7-8H,5-6H2,1-4H3. The second-order valence-corrected chi connectivity index (χ2v) is 10.8. The van der Waals surface area contributed by atoms with Gasteiger partial charge in [-0.25, -0.2) is 0 Å². The van der Waals surface area contributed by atoms with Gasteiger partial charge in [-0.3, -0.25) is 14.4 Å². The summed E-state index contributed by atoms with van der Waals surface area (Å²) in [6.07, 6.45) is 1.50. The Morgan fingerprint density at radius 2 is 1.32 bits per heavy atom. The first-order chi connectivity index (χ1) is 14.4. The number of ketones is 3. The molecule has 0 saturated carbocycles. The number of carbonyl (C=O) groups excluding carboxylic acids is 3. The van der Waals surface area contributed by atoms with Crippen LogP contribution in [0.15, 0.2) is 22.7 Å². The summed E-state index contributed by atoms with van der Waals surface area (Å²) in [6.45, 7) is 16.6. The topological polar surface area (TPSA) is 51.2 Å². The first-order valence-corrected chi connectivity index (χ1v) is 12.1. The molecule has 2 aromatic rings.